The van der Waals surface area contributed by atoms with Crippen molar-refractivity contribution in [2.75, 3.05) is 0 Å². The first-order chi connectivity index (χ1) is 6.71. The van der Waals surface area contributed by atoms with Crippen molar-refractivity contribution in [2.24, 2.45) is 0 Å². The predicted molar refractivity (Wildman–Crippen MR) is 58.0 cm³/mol. The van der Waals surface area contributed by atoms with Gasteiger partial charge in [-0.2, -0.15) is 0 Å². The minimum Gasteiger partial charge on any atom is -0.365 e. The maximum Gasteiger partial charge on any atom is 0.158 e. The second-order valence-corrected chi connectivity index (χ2v) is 3.99. The van der Waals surface area contributed by atoms with Crippen molar-refractivity contribution in [2.45, 2.75) is 5.00 Å². The predicted octanol–water partition coefficient (Wildman–Crippen LogP) is 2.71. The van der Waals surface area contributed by atoms with Crippen LogP contribution in [-0.4, -0.2) is 4.98 Å². The number of dihydropyridines is 1. The van der Waals surface area contributed by atoms with Gasteiger partial charge < -0.3 is 5.32 Å². The first kappa shape index (κ1) is 9.56. The van der Waals surface area contributed by atoms with E-state index in [4.69, 9.17) is 23.2 Å². The molecule has 1 unspecified atom stereocenters. The first-order valence-electron chi connectivity index (χ1n) is 4.13. The van der Waals surface area contributed by atoms with E-state index >= 15 is 0 Å². The second kappa shape index (κ2) is 3.64. The van der Waals surface area contributed by atoms with Gasteiger partial charge in [0.1, 0.15) is 0 Å². The van der Waals surface area contributed by atoms with Crippen LogP contribution in [-0.2, 0) is 5.00 Å². The topological polar surface area (TPSA) is 24.9 Å². The number of hydrogen-bond donors (Lipinski definition) is 1. The molecule has 0 amide bonds. The molecule has 0 saturated carbocycles. The zero-order chi connectivity index (χ0) is 10.0. The normalized spacial score (nSPS) is 25.4. The SMILES string of the molecule is ClC1=CNC(Cl)(c2cccnc2)C=C1. The summed E-state index contributed by atoms with van der Waals surface area (Å²) in [5.74, 6) is 0. The molecule has 4 heteroatoms. The summed E-state index contributed by atoms with van der Waals surface area (Å²) in [5, 5.41) is 3.64. The summed E-state index contributed by atoms with van der Waals surface area (Å²) < 4.78 is 0. The summed E-state index contributed by atoms with van der Waals surface area (Å²) in [5.41, 5.74) is 0.887. The van der Waals surface area contributed by atoms with Crippen LogP contribution in [0.25, 0.3) is 0 Å². The van der Waals surface area contributed by atoms with Gasteiger partial charge in [-0.15, -0.1) is 0 Å². The quantitative estimate of drug-likeness (QED) is 0.589. The Bertz CT molecular complexity index is 386. The summed E-state index contributed by atoms with van der Waals surface area (Å²) >= 11 is 12.1. The van der Waals surface area contributed by atoms with E-state index < -0.39 is 5.00 Å². The molecule has 72 valence electrons. The fourth-order valence-electron chi connectivity index (χ4n) is 1.22. The van der Waals surface area contributed by atoms with Crippen molar-refractivity contribution in [1.29, 1.82) is 0 Å². The fourth-order valence-corrected chi connectivity index (χ4v) is 1.57. The maximum absolute atomic E-state index is 6.32. The minimum absolute atomic E-state index is 0.630. The zero-order valence-corrected chi connectivity index (χ0v) is 8.76. The number of aromatic nitrogens is 1. The van der Waals surface area contributed by atoms with Gasteiger partial charge in [0.25, 0.3) is 0 Å². The summed E-state index contributed by atoms with van der Waals surface area (Å²) in [6, 6.07) is 3.75. The van der Waals surface area contributed by atoms with Crippen molar-refractivity contribution in [1.82, 2.24) is 10.3 Å². The van der Waals surface area contributed by atoms with Crippen molar-refractivity contribution in [3.63, 3.8) is 0 Å². The van der Waals surface area contributed by atoms with E-state index in [-0.39, 0.29) is 0 Å². The van der Waals surface area contributed by atoms with Crippen LogP contribution in [0.1, 0.15) is 5.56 Å². The Hall–Kier alpha value is -0.990. The molecule has 0 aromatic carbocycles. The molecule has 1 aromatic heterocycles. The Kier molecular flexibility index (Phi) is 2.48. The summed E-state index contributed by atoms with van der Waals surface area (Å²) in [6.45, 7) is 0. The van der Waals surface area contributed by atoms with Gasteiger partial charge >= 0.3 is 0 Å². The monoisotopic (exact) mass is 226 g/mol. The molecule has 2 heterocycles. The van der Waals surface area contributed by atoms with Gasteiger partial charge in [-0.3, -0.25) is 4.98 Å². The number of allylic oxidation sites excluding steroid dienone is 2. The zero-order valence-electron chi connectivity index (χ0n) is 7.24. The number of rotatable bonds is 1. The van der Waals surface area contributed by atoms with Crippen molar-refractivity contribution >= 4 is 23.2 Å². The van der Waals surface area contributed by atoms with Crippen molar-refractivity contribution in [3.8, 4) is 0 Å². The highest BCUT2D eigenvalue weighted by Gasteiger charge is 2.26. The van der Waals surface area contributed by atoms with Gasteiger partial charge in [0.2, 0.25) is 0 Å². The van der Waals surface area contributed by atoms with Crippen LogP contribution >= 0.6 is 23.2 Å². The highest BCUT2D eigenvalue weighted by atomic mass is 35.5. The molecule has 0 bridgehead atoms. The van der Waals surface area contributed by atoms with E-state index in [9.17, 15) is 0 Å². The summed E-state index contributed by atoms with van der Waals surface area (Å²) in [4.78, 5) is 3.28. The first-order valence-corrected chi connectivity index (χ1v) is 4.88. The average Bonchev–Trinajstić information content (AvgIpc) is 2.24. The van der Waals surface area contributed by atoms with Gasteiger partial charge in [-0.25, -0.2) is 0 Å². The highest BCUT2D eigenvalue weighted by Crippen LogP contribution is 2.30. The third-order valence-corrected chi connectivity index (χ3v) is 2.66. The van der Waals surface area contributed by atoms with E-state index in [1.54, 1.807) is 30.7 Å². The van der Waals surface area contributed by atoms with Crippen LogP contribution in [0.2, 0.25) is 0 Å². The molecular formula is C10H8Cl2N2. The minimum atomic E-state index is -0.730. The number of nitrogens with one attached hydrogen (secondary N) is 1. The third kappa shape index (κ3) is 1.76. The molecule has 1 aliphatic heterocycles. The smallest absolute Gasteiger partial charge is 0.158 e. The molecule has 0 radical (unpaired) electrons. The van der Waals surface area contributed by atoms with E-state index in [1.165, 1.54) is 0 Å². The van der Waals surface area contributed by atoms with Gasteiger partial charge in [0.05, 0.1) is 5.03 Å². The Morgan fingerprint density at radius 2 is 2.29 bits per heavy atom. The molecule has 0 aliphatic carbocycles. The number of halogens is 2. The standard InChI is InChI=1S/C10H8Cl2N2/c11-9-3-4-10(12,14-7-9)8-2-1-5-13-6-8/h1-7,14H. The maximum atomic E-state index is 6.32. The highest BCUT2D eigenvalue weighted by molar-refractivity contribution is 6.32. The van der Waals surface area contributed by atoms with Gasteiger partial charge in [0, 0.05) is 24.2 Å². The molecular weight excluding hydrogens is 219 g/mol. The van der Waals surface area contributed by atoms with E-state index in [0.717, 1.165) is 5.56 Å². The Labute approximate surface area is 92.2 Å². The molecule has 1 aromatic rings. The van der Waals surface area contributed by atoms with Crippen LogP contribution in [0.5, 0.6) is 0 Å². The van der Waals surface area contributed by atoms with Crippen LogP contribution in [0.15, 0.2) is 47.9 Å². The van der Waals surface area contributed by atoms with Crippen molar-refractivity contribution in [3.05, 3.63) is 53.5 Å². The lowest BCUT2D eigenvalue weighted by Crippen LogP contribution is -2.33. The lowest BCUT2D eigenvalue weighted by atomic mass is 10.1. The van der Waals surface area contributed by atoms with Gasteiger partial charge in [-0.05, 0) is 18.2 Å². The molecule has 1 aliphatic rings. The number of alkyl halides is 1. The summed E-state index contributed by atoms with van der Waals surface area (Å²) in [7, 11) is 0. The van der Waals surface area contributed by atoms with E-state index in [0.29, 0.717) is 5.03 Å². The summed E-state index contributed by atoms with van der Waals surface area (Å²) in [6.07, 6.45) is 8.66. The van der Waals surface area contributed by atoms with Crippen LogP contribution in [0, 0.1) is 0 Å². The molecule has 2 nitrogen and oxygen atoms in total. The van der Waals surface area contributed by atoms with E-state index in [2.05, 4.69) is 10.3 Å². The largest absolute Gasteiger partial charge is 0.365 e. The third-order valence-electron chi connectivity index (χ3n) is 1.97. The molecule has 0 fully saturated rings. The average molecular weight is 227 g/mol. The second-order valence-electron chi connectivity index (χ2n) is 2.96. The molecule has 0 spiro atoms. The Morgan fingerprint density at radius 1 is 1.43 bits per heavy atom. The van der Waals surface area contributed by atoms with Crippen LogP contribution in [0.4, 0.5) is 0 Å². The van der Waals surface area contributed by atoms with Gasteiger partial charge in [0.15, 0.2) is 5.00 Å². The van der Waals surface area contributed by atoms with Crippen LogP contribution in [0.3, 0.4) is 0 Å². The Morgan fingerprint density at radius 3 is 2.86 bits per heavy atom. The number of pyridine rings is 1. The number of nitrogens with zero attached hydrogens (tertiary/aromatic N) is 1. The Balaban J connectivity index is 2.32. The van der Waals surface area contributed by atoms with E-state index in [1.807, 2.05) is 12.1 Å². The molecule has 2 rings (SSSR count). The fraction of sp³-hybridized carbons (Fsp3) is 0.100. The molecule has 1 N–H and O–H groups in total. The lowest BCUT2D eigenvalue weighted by Gasteiger charge is -2.26. The molecule has 1 atom stereocenters. The molecule has 14 heavy (non-hydrogen) atoms. The van der Waals surface area contributed by atoms with Crippen molar-refractivity contribution < 1.29 is 0 Å². The molecule has 0 saturated heterocycles. The number of hydrogen-bond acceptors (Lipinski definition) is 2. The lowest BCUT2D eigenvalue weighted by molar-refractivity contribution is 0.661. The van der Waals surface area contributed by atoms with Crippen LogP contribution < -0.4 is 5.32 Å². The van der Waals surface area contributed by atoms with Gasteiger partial charge in [-0.1, -0.05) is 29.3 Å².